The molecular formula is C15H29NO3. The number of aliphatic hydroxyl groups is 1. The van der Waals surface area contributed by atoms with Gasteiger partial charge in [0.25, 0.3) is 0 Å². The topological polar surface area (TPSA) is 49.8 Å². The molecule has 0 bridgehead atoms. The fraction of sp³-hybridized carbons (Fsp3) is 0.800. The summed E-state index contributed by atoms with van der Waals surface area (Å²) in [7, 11) is 3.42. The molecule has 4 nitrogen and oxygen atoms in total. The first-order valence-electron chi connectivity index (χ1n) is 7.04. The minimum Gasteiger partial charge on any atom is -0.468 e. The van der Waals surface area contributed by atoms with E-state index in [0.29, 0.717) is 5.92 Å². The number of likely N-dealkylation sites (tertiary alicyclic amines) is 1. The molecule has 1 aliphatic rings. The van der Waals surface area contributed by atoms with Crippen LogP contribution in [0.15, 0.2) is 12.2 Å². The molecule has 0 radical (unpaired) electrons. The summed E-state index contributed by atoms with van der Waals surface area (Å²) in [6.45, 7) is 9.00. The van der Waals surface area contributed by atoms with Crippen LogP contribution in [0.4, 0.5) is 0 Å². The Balaban J connectivity index is 0.000000362. The lowest BCUT2D eigenvalue weighted by molar-refractivity contribution is -0.147. The largest absolute Gasteiger partial charge is 0.468 e. The van der Waals surface area contributed by atoms with E-state index in [1.54, 1.807) is 0 Å². The third kappa shape index (κ3) is 6.73. The molecule has 1 heterocycles. The summed E-state index contributed by atoms with van der Waals surface area (Å²) < 4.78 is 4.68. The Morgan fingerprint density at radius 1 is 1.53 bits per heavy atom. The monoisotopic (exact) mass is 271 g/mol. The van der Waals surface area contributed by atoms with Gasteiger partial charge in [0.05, 0.1) is 13.7 Å². The minimum absolute atomic E-state index is 0.00810. The lowest BCUT2D eigenvalue weighted by Crippen LogP contribution is -2.42. The number of carbonyl (C=O) groups excluding carboxylic acids is 1. The number of ether oxygens (including phenoxy) is 1. The van der Waals surface area contributed by atoms with Gasteiger partial charge >= 0.3 is 5.97 Å². The summed E-state index contributed by atoms with van der Waals surface area (Å²) in [5, 5.41) is 8.54. The van der Waals surface area contributed by atoms with E-state index >= 15 is 0 Å². The molecule has 19 heavy (non-hydrogen) atoms. The molecule has 112 valence electrons. The first-order chi connectivity index (χ1) is 8.97. The Morgan fingerprint density at radius 2 is 2.16 bits per heavy atom. The summed E-state index contributed by atoms with van der Waals surface area (Å²) in [5.74, 6) is 0.382. The Kier molecular flexibility index (Phi) is 9.53. The number of hydrogen-bond donors (Lipinski definition) is 1. The van der Waals surface area contributed by atoms with Crippen molar-refractivity contribution in [2.75, 3.05) is 27.3 Å². The number of aliphatic hydroxyl groups excluding tert-OH is 1. The summed E-state index contributed by atoms with van der Waals surface area (Å²) >= 11 is 0. The standard InChI is InChI=1S/C8H15NO2.C7H14O/c1-9-6-4-3-5-7(9)8(10)11-2;1-4-6(2)7(3)5-8/h7H,3-6H2,1-2H3;6,8H,3-5H2,1-2H3. The highest BCUT2D eigenvalue weighted by Crippen LogP contribution is 2.15. The van der Waals surface area contributed by atoms with Gasteiger partial charge in [-0.3, -0.25) is 9.69 Å². The van der Waals surface area contributed by atoms with Crippen molar-refractivity contribution in [1.82, 2.24) is 4.90 Å². The highest BCUT2D eigenvalue weighted by molar-refractivity contribution is 5.75. The maximum absolute atomic E-state index is 11.1. The highest BCUT2D eigenvalue weighted by Gasteiger charge is 2.25. The van der Waals surface area contributed by atoms with Crippen molar-refractivity contribution in [1.29, 1.82) is 0 Å². The van der Waals surface area contributed by atoms with Gasteiger partial charge in [-0.1, -0.05) is 26.8 Å². The van der Waals surface area contributed by atoms with E-state index in [-0.39, 0.29) is 18.6 Å². The number of esters is 1. The zero-order valence-corrected chi connectivity index (χ0v) is 12.8. The van der Waals surface area contributed by atoms with E-state index in [9.17, 15) is 4.79 Å². The third-order valence-corrected chi connectivity index (χ3v) is 3.76. The molecule has 1 fully saturated rings. The molecule has 0 aliphatic carbocycles. The number of likely N-dealkylation sites (N-methyl/N-ethyl adjacent to an activating group) is 1. The van der Waals surface area contributed by atoms with Crippen LogP contribution in [0.1, 0.15) is 39.5 Å². The molecule has 2 unspecified atom stereocenters. The second-order valence-electron chi connectivity index (χ2n) is 5.14. The molecule has 0 spiro atoms. The predicted molar refractivity (Wildman–Crippen MR) is 78.0 cm³/mol. The Hall–Kier alpha value is -0.870. The number of hydrogen-bond acceptors (Lipinski definition) is 4. The van der Waals surface area contributed by atoms with Crippen LogP contribution < -0.4 is 0 Å². The van der Waals surface area contributed by atoms with Crippen molar-refractivity contribution in [2.45, 2.75) is 45.6 Å². The second kappa shape index (κ2) is 9.98. The fourth-order valence-electron chi connectivity index (χ4n) is 1.95. The molecule has 0 amide bonds. The number of carbonyl (C=O) groups is 1. The van der Waals surface area contributed by atoms with Gasteiger partial charge in [0.2, 0.25) is 0 Å². The predicted octanol–water partition coefficient (Wildman–Crippen LogP) is 2.22. The van der Waals surface area contributed by atoms with Crippen molar-refractivity contribution in [3.8, 4) is 0 Å². The lowest BCUT2D eigenvalue weighted by Gasteiger charge is -2.29. The summed E-state index contributed by atoms with van der Waals surface area (Å²) in [4.78, 5) is 13.2. The molecule has 4 heteroatoms. The normalized spacial score (nSPS) is 21.0. The van der Waals surface area contributed by atoms with E-state index in [1.807, 2.05) is 7.05 Å². The van der Waals surface area contributed by atoms with Gasteiger partial charge in [-0.15, -0.1) is 0 Å². The van der Waals surface area contributed by atoms with Crippen LogP contribution in [0.5, 0.6) is 0 Å². The fourth-order valence-corrected chi connectivity index (χ4v) is 1.95. The molecule has 0 aromatic heterocycles. The summed E-state index contributed by atoms with van der Waals surface area (Å²) in [6, 6.07) is 0.00810. The van der Waals surface area contributed by atoms with Crippen molar-refractivity contribution in [2.24, 2.45) is 5.92 Å². The first-order valence-corrected chi connectivity index (χ1v) is 7.04. The first kappa shape index (κ1) is 18.1. The molecule has 1 saturated heterocycles. The molecular weight excluding hydrogens is 242 g/mol. The molecule has 2 atom stereocenters. The van der Waals surface area contributed by atoms with Crippen molar-refractivity contribution in [3.63, 3.8) is 0 Å². The van der Waals surface area contributed by atoms with E-state index in [4.69, 9.17) is 5.11 Å². The molecule has 0 aromatic carbocycles. The Morgan fingerprint density at radius 3 is 2.53 bits per heavy atom. The van der Waals surface area contributed by atoms with Gasteiger partial charge < -0.3 is 9.84 Å². The molecule has 1 N–H and O–H groups in total. The van der Waals surface area contributed by atoms with Crippen LogP contribution in [-0.4, -0.2) is 49.3 Å². The van der Waals surface area contributed by atoms with E-state index < -0.39 is 0 Å². The Labute approximate surface area is 117 Å². The molecule has 0 saturated carbocycles. The van der Waals surface area contributed by atoms with Gasteiger partial charge in [-0.2, -0.15) is 0 Å². The Bertz CT molecular complexity index is 279. The van der Waals surface area contributed by atoms with E-state index in [1.165, 1.54) is 13.5 Å². The van der Waals surface area contributed by atoms with Crippen molar-refractivity contribution in [3.05, 3.63) is 12.2 Å². The second-order valence-corrected chi connectivity index (χ2v) is 5.14. The van der Waals surface area contributed by atoms with Crippen molar-refractivity contribution < 1.29 is 14.6 Å². The van der Waals surface area contributed by atoms with Crippen LogP contribution in [0.25, 0.3) is 0 Å². The number of methoxy groups -OCH3 is 1. The third-order valence-electron chi connectivity index (χ3n) is 3.76. The smallest absolute Gasteiger partial charge is 0.323 e. The van der Waals surface area contributed by atoms with Crippen LogP contribution in [0, 0.1) is 5.92 Å². The SMILES string of the molecule is C=C(CO)C(C)CC.COC(=O)C1CCCCN1C. The molecule has 1 rings (SSSR count). The van der Waals surface area contributed by atoms with Crippen LogP contribution >= 0.6 is 0 Å². The average molecular weight is 271 g/mol. The lowest BCUT2D eigenvalue weighted by atomic mass is 10.0. The van der Waals surface area contributed by atoms with Gasteiger partial charge in [0.15, 0.2) is 0 Å². The van der Waals surface area contributed by atoms with Gasteiger partial charge in [-0.25, -0.2) is 0 Å². The zero-order valence-electron chi connectivity index (χ0n) is 12.8. The summed E-state index contributed by atoms with van der Waals surface area (Å²) in [5.41, 5.74) is 0.938. The summed E-state index contributed by atoms with van der Waals surface area (Å²) in [6.07, 6.45) is 4.36. The molecule has 1 aliphatic heterocycles. The van der Waals surface area contributed by atoms with Crippen molar-refractivity contribution >= 4 is 5.97 Å². The highest BCUT2D eigenvalue weighted by atomic mass is 16.5. The van der Waals surface area contributed by atoms with Gasteiger partial charge in [0.1, 0.15) is 6.04 Å². The van der Waals surface area contributed by atoms with Crippen LogP contribution in [0.2, 0.25) is 0 Å². The maximum atomic E-state index is 11.1. The quantitative estimate of drug-likeness (QED) is 0.629. The number of piperidine rings is 1. The number of rotatable bonds is 4. The minimum atomic E-state index is -0.0906. The van der Waals surface area contributed by atoms with Crippen LogP contribution in [0.3, 0.4) is 0 Å². The maximum Gasteiger partial charge on any atom is 0.323 e. The van der Waals surface area contributed by atoms with E-state index in [0.717, 1.165) is 31.4 Å². The zero-order chi connectivity index (χ0) is 14.8. The average Bonchev–Trinajstić information content (AvgIpc) is 2.45. The van der Waals surface area contributed by atoms with Gasteiger partial charge in [-0.05, 0) is 44.3 Å². The van der Waals surface area contributed by atoms with E-state index in [2.05, 4.69) is 30.1 Å². The van der Waals surface area contributed by atoms with Crippen LogP contribution in [-0.2, 0) is 9.53 Å². The van der Waals surface area contributed by atoms with Gasteiger partial charge in [0, 0.05) is 0 Å². The number of nitrogens with zero attached hydrogens (tertiary/aromatic N) is 1. The molecule has 0 aromatic rings.